The van der Waals surface area contributed by atoms with Gasteiger partial charge in [-0.2, -0.15) is 0 Å². The molecule has 5 nitrogen and oxygen atoms in total. The number of amides is 1. The van der Waals surface area contributed by atoms with E-state index in [1.165, 1.54) is 5.56 Å². The Kier molecular flexibility index (Phi) is 4.28. The van der Waals surface area contributed by atoms with E-state index in [4.69, 9.17) is 9.47 Å². The predicted molar refractivity (Wildman–Crippen MR) is 108 cm³/mol. The van der Waals surface area contributed by atoms with Crippen LogP contribution in [-0.4, -0.2) is 30.1 Å². The molecule has 0 radical (unpaired) electrons. The van der Waals surface area contributed by atoms with Crippen LogP contribution in [0.3, 0.4) is 0 Å². The largest absolute Gasteiger partial charge is 0.460 e. The normalized spacial score (nSPS) is 29.3. The Labute approximate surface area is 169 Å². The van der Waals surface area contributed by atoms with Crippen LogP contribution in [0, 0.1) is 11.8 Å². The van der Waals surface area contributed by atoms with Crippen LogP contribution in [0.2, 0.25) is 0 Å². The van der Waals surface area contributed by atoms with Crippen LogP contribution in [0.15, 0.2) is 66.7 Å². The maximum Gasteiger partial charge on any atom is 0.313 e. The molecule has 0 N–H and O–H groups in total. The van der Waals surface area contributed by atoms with Crippen molar-refractivity contribution in [1.29, 1.82) is 0 Å². The fourth-order valence-corrected chi connectivity index (χ4v) is 4.72. The maximum atomic E-state index is 13.3. The standard InChI is InChI=1S/C24H23NO4/c1-2-16-8-10-18(11-9-16)25-15-24-13-12-19(29-24)20(21(24)22(25)26)23(27)28-14-17-6-4-3-5-7-17/h3-13,19-21H,2,14-15H2,1H3/t19-,20+,21+,24-/m0/s1. The number of hydrogen-bond donors (Lipinski definition) is 0. The lowest BCUT2D eigenvalue weighted by atomic mass is 9.77. The molecule has 148 valence electrons. The lowest BCUT2D eigenvalue weighted by Gasteiger charge is -2.22. The number of benzene rings is 2. The molecule has 3 heterocycles. The average molecular weight is 389 g/mol. The highest BCUT2D eigenvalue weighted by molar-refractivity contribution is 6.02. The van der Waals surface area contributed by atoms with Crippen molar-refractivity contribution in [1.82, 2.24) is 0 Å². The van der Waals surface area contributed by atoms with Crippen LogP contribution in [-0.2, 0) is 32.1 Å². The van der Waals surface area contributed by atoms with Crippen LogP contribution in [0.5, 0.6) is 0 Å². The number of ether oxygens (including phenoxy) is 2. The third-order valence-electron chi connectivity index (χ3n) is 6.25. The summed E-state index contributed by atoms with van der Waals surface area (Å²) in [6.45, 7) is 2.72. The van der Waals surface area contributed by atoms with Crippen molar-refractivity contribution in [3.05, 3.63) is 77.9 Å². The van der Waals surface area contributed by atoms with E-state index < -0.39 is 23.5 Å². The molecule has 5 heteroatoms. The number of aryl methyl sites for hydroxylation is 1. The summed E-state index contributed by atoms with van der Waals surface area (Å²) in [6, 6.07) is 17.6. The van der Waals surface area contributed by atoms with Gasteiger partial charge in [-0.15, -0.1) is 0 Å². The first-order valence-electron chi connectivity index (χ1n) is 10.1. The zero-order chi connectivity index (χ0) is 20.0. The van der Waals surface area contributed by atoms with E-state index in [2.05, 4.69) is 6.92 Å². The number of esters is 1. The molecule has 5 rings (SSSR count). The van der Waals surface area contributed by atoms with E-state index in [9.17, 15) is 9.59 Å². The molecule has 1 amide bonds. The predicted octanol–water partition coefficient (Wildman–Crippen LogP) is 3.28. The second-order valence-corrected chi connectivity index (χ2v) is 7.94. The minimum Gasteiger partial charge on any atom is -0.460 e. The summed E-state index contributed by atoms with van der Waals surface area (Å²) in [5, 5.41) is 0. The van der Waals surface area contributed by atoms with Gasteiger partial charge in [0.1, 0.15) is 18.1 Å². The first-order chi connectivity index (χ1) is 14.1. The fourth-order valence-electron chi connectivity index (χ4n) is 4.72. The molecule has 2 bridgehead atoms. The smallest absolute Gasteiger partial charge is 0.313 e. The number of anilines is 1. The van der Waals surface area contributed by atoms with Crippen molar-refractivity contribution in [2.24, 2.45) is 11.8 Å². The van der Waals surface area contributed by atoms with Crippen molar-refractivity contribution < 1.29 is 19.1 Å². The van der Waals surface area contributed by atoms with Crippen molar-refractivity contribution in [3.63, 3.8) is 0 Å². The molecular formula is C24H23NO4. The van der Waals surface area contributed by atoms with Crippen molar-refractivity contribution in [2.45, 2.75) is 31.7 Å². The van der Waals surface area contributed by atoms with E-state index >= 15 is 0 Å². The van der Waals surface area contributed by atoms with Crippen LogP contribution in [0.4, 0.5) is 5.69 Å². The number of fused-ring (bicyclic) bond motifs is 1. The van der Waals surface area contributed by atoms with Gasteiger partial charge in [-0.05, 0) is 29.7 Å². The van der Waals surface area contributed by atoms with Crippen LogP contribution in [0.1, 0.15) is 18.1 Å². The van der Waals surface area contributed by atoms with Gasteiger partial charge in [0.15, 0.2) is 0 Å². The van der Waals surface area contributed by atoms with E-state index in [-0.39, 0.29) is 18.5 Å². The summed E-state index contributed by atoms with van der Waals surface area (Å²) in [5.41, 5.74) is 2.25. The summed E-state index contributed by atoms with van der Waals surface area (Å²) >= 11 is 0. The summed E-state index contributed by atoms with van der Waals surface area (Å²) < 4.78 is 11.7. The van der Waals surface area contributed by atoms with Gasteiger partial charge in [0, 0.05) is 5.69 Å². The van der Waals surface area contributed by atoms with Gasteiger partial charge in [0.05, 0.1) is 18.6 Å². The molecule has 2 fully saturated rings. The molecule has 1 spiro atoms. The Hall–Kier alpha value is -2.92. The van der Waals surface area contributed by atoms with Crippen molar-refractivity contribution in [2.75, 3.05) is 11.4 Å². The van der Waals surface area contributed by atoms with Crippen molar-refractivity contribution in [3.8, 4) is 0 Å². The third kappa shape index (κ3) is 2.88. The molecule has 2 aromatic carbocycles. The van der Waals surface area contributed by atoms with E-state index in [1.807, 2.05) is 66.7 Å². The quantitative estimate of drug-likeness (QED) is 0.582. The summed E-state index contributed by atoms with van der Waals surface area (Å²) in [4.78, 5) is 28.0. The monoisotopic (exact) mass is 389 g/mol. The Morgan fingerprint density at radius 3 is 2.62 bits per heavy atom. The maximum absolute atomic E-state index is 13.3. The lowest BCUT2D eigenvalue weighted by Crippen LogP contribution is -2.40. The number of hydrogen-bond acceptors (Lipinski definition) is 4. The second-order valence-electron chi connectivity index (χ2n) is 7.94. The van der Waals surface area contributed by atoms with Gasteiger partial charge in [-0.3, -0.25) is 9.59 Å². The molecule has 0 aromatic heterocycles. The summed E-state index contributed by atoms with van der Waals surface area (Å²) in [6.07, 6.45) is 4.42. The third-order valence-corrected chi connectivity index (χ3v) is 6.25. The summed E-state index contributed by atoms with van der Waals surface area (Å²) in [5.74, 6) is -1.57. The highest BCUT2D eigenvalue weighted by Crippen LogP contribution is 2.52. The molecule has 2 aromatic rings. The van der Waals surface area contributed by atoms with Crippen molar-refractivity contribution >= 4 is 17.6 Å². The van der Waals surface area contributed by atoms with Crippen LogP contribution in [0.25, 0.3) is 0 Å². The molecule has 3 aliphatic heterocycles. The highest BCUT2D eigenvalue weighted by Gasteiger charge is 2.67. The fraction of sp³-hybridized carbons (Fsp3) is 0.333. The lowest BCUT2D eigenvalue weighted by molar-refractivity contribution is -0.153. The van der Waals surface area contributed by atoms with Gasteiger partial charge in [-0.25, -0.2) is 0 Å². The molecule has 29 heavy (non-hydrogen) atoms. The first-order valence-corrected chi connectivity index (χ1v) is 10.1. The first kappa shape index (κ1) is 18.1. The topological polar surface area (TPSA) is 55.8 Å². The molecule has 2 saturated heterocycles. The molecule has 0 aliphatic carbocycles. The Morgan fingerprint density at radius 2 is 1.90 bits per heavy atom. The van der Waals surface area contributed by atoms with Gasteiger partial charge in [0.25, 0.3) is 0 Å². The minimum absolute atomic E-state index is 0.0669. The Morgan fingerprint density at radius 1 is 1.14 bits per heavy atom. The van der Waals surface area contributed by atoms with Gasteiger partial charge in [0.2, 0.25) is 5.91 Å². The zero-order valence-electron chi connectivity index (χ0n) is 16.3. The molecule has 0 saturated carbocycles. The molecule has 4 atom stereocenters. The van der Waals surface area contributed by atoms with Crippen LogP contribution >= 0.6 is 0 Å². The van der Waals surface area contributed by atoms with Gasteiger partial charge in [-0.1, -0.05) is 61.5 Å². The molecule has 0 unspecified atom stereocenters. The zero-order valence-corrected chi connectivity index (χ0v) is 16.3. The Balaban J connectivity index is 1.37. The number of rotatable bonds is 5. The minimum atomic E-state index is -0.735. The summed E-state index contributed by atoms with van der Waals surface area (Å²) in [7, 11) is 0. The van der Waals surface area contributed by atoms with E-state index in [0.717, 1.165) is 17.7 Å². The van der Waals surface area contributed by atoms with Crippen LogP contribution < -0.4 is 4.90 Å². The highest BCUT2D eigenvalue weighted by atomic mass is 16.6. The van der Waals surface area contributed by atoms with E-state index in [1.54, 1.807) is 4.90 Å². The van der Waals surface area contributed by atoms with E-state index in [0.29, 0.717) is 6.54 Å². The SMILES string of the molecule is CCc1ccc(N2C[C@]34C=C[C@H](O3)[C@@H](C(=O)OCc3ccccc3)[C@@H]4C2=O)cc1. The molecular weight excluding hydrogens is 366 g/mol. The number of carbonyl (C=O) groups excluding carboxylic acids is 2. The average Bonchev–Trinajstić information content (AvgIpc) is 3.41. The van der Waals surface area contributed by atoms with Gasteiger partial charge < -0.3 is 14.4 Å². The Bertz CT molecular complexity index is 968. The number of carbonyl (C=O) groups is 2. The number of nitrogens with zero attached hydrogens (tertiary/aromatic N) is 1. The second kappa shape index (κ2) is 6.85. The molecule has 3 aliphatic rings. The van der Waals surface area contributed by atoms with Gasteiger partial charge >= 0.3 is 5.97 Å².